The van der Waals surface area contributed by atoms with E-state index in [4.69, 9.17) is 4.42 Å². The fourth-order valence-corrected chi connectivity index (χ4v) is 2.43. The molecule has 100 valence electrons. The summed E-state index contributed by atoms with van der Waals surface area (Å²) in [6.45, 7) is 2.04. The number of rotatable bonds is 5. The normalized spacial score (nSPS) is 12.3. The molecule has 0 aliphatic carbocycles. The summed E-state index contributed by atoms with van der Waals surface area (Å²) in [5.74, 6) is 1.85. The van der Waals surface area contributed by atoms with Gasteiger partial charge in [0.2, 0.25) is 0 Å². The first-order valence-corrected chi connectivity index (χ1v) is 6.97. The second-order valence-electron chi connectivity index (χ2n) is 4.25. The van der Waals surface area contributed by atoms with E-state index in [1.54, 1.807) is 12.1 Å². The Morgan fingerprint density at radius 2 is 1.95 bits per heavy atom. The number of hydrogen-bond donors (Lipinski definition) is 0. The molecule has 2 rings (SSSR count). The highest BCUT2D eigenvalue weighted by atomic mass is 79.9. The summed E-state index contributed by atoms with van der Waals surface area (Å²) in [6.07, 6.45) is 1.60. The first-order valence-electron chi connectivity index (χ1n) is 6.06. The average Bonchev–Trinajstić information content (AvgIpc) is 2.88. The predicted molar refractivity (Wildman–Crippen MR) is 76.6 cm³/mol. The standard InChI is InChI=1S/C14H14BrNO3/c1-2-12-7-8-14(19-12)13(15)9-10-3-5-11(6-4-10)16(17)18/h3-8,13H,2,9H2,1H3. The molecule has 1 heterocycles. The first-order chi connectivity index (χ1) is 9.10. The Labute approximate surface area is 119 Å². The molecular weight excluding hydrogens is 310 g/mol. The number of aryl methyl sites for hydroxylation is 1. The van der Waals surface area contributed by atoms with Crippen LogP contribution in [-0.4, -0.2) is 4.92 Å². The lowest BCUT2D eigenvalue weighted by atomic mass is 10.1. The van der Waals surface area contributed by atoms with Crippen molar-refractivity contribution in [1.29, 1.82) is 0 Å². The van der Waals surface area contributed by atoms with Gasteiger partial charge in [-0.3, -0.25) is 10.1 Å². The van der Waals surface area contributed by atoms with Crippen molar-refractivity contribution in [2.45, 2.75) is 24.6 Å². The van der Waals surface area contributed by atoms with Crippen LogP contribution in [0.3, 0.4) is 0 Å². The van der Waals surface area contributed by atoms with Gasteiger partial charge < -0.3 is 4.42 Å². The van der Waals surface area contributed by atoms with Crippen LogP contribution in [0, 0.1) is 10.1 Å². The zero-order valence-corrected chi connectivity index (χ0v) is 12.1. The van der Waals surface area contributed by atoms with E-state index in [1.165, 1.54) is 12.1 Å². The van der Waals surface area contributed by atoms with Crippen molar-refractivity contribution < 1.29 is 9.34 Å². The number of non-ortho nitro benzene ring substituents is 1. The minimum Gasteiger partial charge on any atom is -0.465 e. The molecule has 4 nitrogen and oxygen atoms in total. The molecule has 0 fully saturated rings. The van der Waals surface area contributed by atoms with Gasteiger partial charge in [0.05, 0.1) is 9.75 Å². The molecule has 0 radical (unpaired) electrons. The molecule has 0 N–H and O–H groups in total. The van der Waals surface area contributed by atoms with Crippen molar-refractivity contribution in [2.75, 3.05) is 0 Å². The van der Waals surface area contributed by atoms with Crippen LogP contribution in [0.1, 0.15) is 28.8 Å². The summed E-state index contributed by atoms with van der Waals surface area (Å²) in [4.78, 5) is 10.3. The number of furan rings is 1. The van der Waals surface area contributed by atoms with Crippen LogP contribution in [0.4, 0.5) is 5.69 Å². The van der Waals surface area contributed by atoms with Crippen LogP contribution in [0.5, 0.6) is 0 Å². The van der Waals surface area contributed by atoms with E-state index in [9.17, 15) is 10.1 Å². The zero-order chi connectivity index (χ0) is 13.8. The Kier molecular flexibility index (Phi) is 4.37. The van der Waals surface area contributed by atoms with Crippen LogP contribution in [-0.2, 0) is 12.8 Å². The van der Waals surface area contributed by atoms with Gasteiger partial charge in [-0.05, 0) is 24.1 Å². The molecule has 0 saturated heterocycles. The Hall–Kier alpha value is -1.62. The smallest absolute Gasteiger partial charge is 0.269 e. The van der Waals surface area contributed by atoms with E-state index in [0.29, 0.717) is 0 Å². The number of benzene rings is 1. The monoisotopic (exact) mass is 323 g/mol. The fraction of sp³-hybridized carbons (Fsp3) is 0.286. The summed E-state index contributed by atoms with van der Waals surface area (Å²) in [6, 6.07) is 10.5. The summed E-state index contributed by atoms with van der Waals surface area (Å²) >= 11 is 3.59. The lowest BCUT2D eigenvalue weighted by Crippen LogP contribution is -1.95. The largest absolute Gasteiger partial charge is 0.465 e. The van der Waals surface area contributed by atoms with Crippen LogP contribution in [0.25, 0.3) is 0 Å². The van der Waals surface area contributed by atoms with Gasteiger partial charge in [0.15, 0.2) is 0 Å². The van der Waals surface area contributed by atoms with Crippen molar-refractivity contribution in [2.24, 2.45) is 0 Å². The van der Waals surface area contributed by atoms with Gasteiger partial charge in [-0.25, -0.2) is 0 Å². The van der Waals surface area contributed by atoms with Gasteiger partial charge >= 0.3 is 0 Å². The molecule has 0 bridgehead atoms. The Morgan fingerprint density at radius 3 is 2.47 bits per heavy atom. The highest BCUT2D eigenvalue weighted by molar-refractivity contribution is 9.09. The molecule has 0 saturated carbocycles. The third-order valence-electron chi connectivity index (χ3n) is 2.90. The van der Waals surface area contributed by atoms with Gasteiger partial charge in [-0.15, -0.1) is 0 Å². The van der Waals surface area contributed by atoms with E-state index in [2.05, 4.69) is 15.9 Å². The van der Waals surface area contributed by atoms with Gasteiger partial charge in [-0.2, -0.15) is 0 Å². The summed E-state index contributed by atoms with van der Waals surface area (Å²) in [7, 11) is 0. The van der Waals surface area contributed by atoms with Gasteiger partial charge in [0.1, 0.15) is 11.5 Å². The van der Waals surface area contributed by atoms with Crippen molar-refractivity contribution in [1.82, 2.24) is 0 Å². The molecule has 0 aliphatic heterocycles. The lowest BCUT2D eigenvalue weighted by molar-refractivity contribution is -0.384. The highest BCUT2D eigenvalue weighted by Gasteiger charge is 2.13. The first kappa shape index (κ1) is 13.8. The van der Waals surface area contributed by atoms with Gasteiger partial charge in [-0.1, -0.05) is 35.0 Å². The molecule has 2 aromatic rings. The number of nitrogens with zero attached hydrogens (tertiary/aromatic N) is 1. The number of halogens is 1. The van der Waals surface area contributed by atoms with Crippen LogP contribution >= 0.6 is 15.9 Å². The van der Waals surface area contributed by atoms with Crippen molar-refractivity contribution in [3.63, 3.8) is 0 Å². The molecule has 1 atom stereocenters. The second kappa shape index (κ2) is 6.02. The third kappa shape index (κ3) is 3.44. The maximum Gasteiger partial charge on any atom is 0.269 e. The van der Waals surface area contributed by atoms with E-state index in [1.807, 2.05) is 19.1 Å². The minimum atomic E-state index is -0.393. The van der Waals surface area contributed by atoms with E-state index in [0.717, 1.165) is 29.9 Å². The SMILES string of the molecule is CCc1ccc(C(Br)Cc2ccc([N+](=O)[O-])cc2)o1. The molecular formula is C14H14BrNO3. The summed E-state index contributed by atoms with van der Waals surface area (Å²) in [5, 5.41) is 10.6. The van der Waals surface area contributed by atoms with Crippen molar-refractivity contribution >= 4 is 21.6 Å². The zero-order valence-electron chi connectivity index (χ0n) is 10.5. The molecule has 1 aromatic carbocycles. The number of alkyl halides is 1. The van der Waals surface area contributed by atoms with E-state index >= 15 is 0 Å². The second-order valence-corrected chi connectivity index (χ2v) is 5.36. The molecule has 1 unspecified atom stereocenters. The third-order valence-corrected chi connectivity index (χ3v) is 3.68. The maximum absolute atomic E-state index is 10.6. The fourth-order valence-electron chi connectivity index (χ4n) is 1.81. The van der Waals surface area contributed by atoms with Crippen molar-refractivity contribution in [3.8, 4) is 0 Å². The van der Waals surface area contributed by atoms with Gasteiger partial charge in [0.25, 0.3) is 5.69 Å². The van der Waals surface area contributed by atoms with Crippen LogP contribution in [0.2, 0.25) is 0 Å². The molecule has 1 aromatic heterocycles. The number of nitro groups is 1. The van der Waals surface area contributed by atoms with Gasteiger partial charge in [0, 0.05) is 18.6 Å². The maximum atomic E-state index is 10.6. The van der Waals surface area contributed by atoms with Crippen LogP contribution < -0.4 is 0 Å². The average molecular weight is 324 g/mol. The number of nitro benzene ring substituents is 1. The molecule has 0 amide bonds. The lowest BCUT2D eigenvalue weighted by Gasteiger charge is -2.06. The quantitative estimate of drug-likeness (QED) is 0.464. The van der Waals surface area contributed by atoms with E-state index in [-0.39, 0.29) is 10.5 Å². The Morgan fingerprint density at radius 1 is 1.26 bits per heavy atom. The molecule has 0 aliphatic rings. The minimum absolute atomic E-state index is 0.0780. The molecule has 19 heavy (non-hydrogen) atoms. The highest BCUT2D eigenvalue weighted by Crippen LogP contribution is 2.29. The Bertz CT molecular complexity index is 562. The van der Waals surface area contributed by atoms with E-state index < -0.39 is 4.92 Å². The summed E-state index contributed by atoms with van der Waals surface area (Å²) in [5.41, 5.74) is 1.14. The number of hydrogen-bond acceptors (Lipinski definition) is 3. The van der Waals surface area contributed by atoms with Crippen LogP contribution in [0.15, 0.2) is 40.8 Å². The molecule has 5 heteroatoms. The topological polar surface area (TPSA) is 56.3 Å². The van der Waals surface area contributed by atoms with Crippen molar-refractivity contribution in [3.05, 3.63) is 63.6 Å². The predicted octanol–water partition coefficient (Wildman–Crippen LogP) is 4.43. The summed E-state index contributed by atoms with van der Waals surface area (Å²) < 4.78 is 5.67. The Balaban J connectivity index is 2.05. The molecule has 0 spiro atoms.